The number of rotatable bonds is 2. The molecule has 144 valence electrons. The van der Waals surface area contributed by atoms with Gasteiger partial charge in [-0.05, 0) is 36.6 Å². The normalized spacial score (nSPS) is 24.7. The van der Waals surface area contributed by atoms with E-state index in [1.807, 2.05) is 35.2 Å². The van der Waals surface area contributed by atoms with Crippen LogP contribution in [0.1, 0.15) is 30.1 Å². The van der Waals surface area contributed by atoms with E-state index in [0.29, 0.717) is 18.8 Å². The molecule has 1 aromatic carbocycles. The van der Waals surface area contributed by atoms with Gasteiger partial charge in [0.2, 0.25) is 0 Å². The molecule has 3 aliphatic rings. The number of amides is 1. The van der Waals surface area contributed by atoms with Crippen molar-refractivity contribution >= 4 is 17.1 Å². The summed E-state index contributed by atoms with van der Waals surface area (Å²) in [6, 6.07) is 18.1. The van der Waals surface area contributed by atoms with E-state index in [1.165, 1.54) is 5.56 Å². The van der Waals surface area contributed by atoms with Gasteiger partial charge in [-0.15, -0.1) is 0 Å². The Bertz CT molecular complexity index is 1160. The Kier molecular flexibility index (Phi) is 3.32. The van der Waals surface area contributed by atoms with Crippen molar-refractivity contribution in [2.24, 2.45) is 0 Å². The Morgan fingerprint density at radius 1 is 1.10 bits per heavy atom. The first-order chi connectivity index (χ1) is 14.2. The highest BCUT2D eigenvalue weighted by Gasteiger charge is 2.62. The maximum absolute atomic E-state index is 13.4. The van der Waals surface area contributed by atoms with Gasteiger partial charge in [-0.1, -0.05) is 30.3 Å². The SMILES string of the molecule is N#Cc1ccc(N2CC3(C2)O[C@@H]2CC[C@@H](c4ccccc4)N2C3=O)c2ccnn12. The van der Waals surface area contributed by atoms with Crippen molar-refractivity contribution in [2.75, 3.05) is 18.0 Å². The van der Waals surface area contributed by atoms with Gasteiger partial charge in [0, 0.05) is 0 Å². The Labute approximate surface area is 167 Å². The van der Waals surface area contributed by atoms with Crippen LogP contribution in [0.4, 0.5) is 5.69 Å². The molecule has 29 heavy (non-hydrogen) atoms. The van der Waals surface area contributed by atoms with E-state index >= 15 is 0 Å². The molecule has 3 saturated heterocycles. The van der Waals surface area contributed by atoms with Crippen LogP contribution >= 0.6 is 0 Å². The molecule has 7 heteroatoms. The Balaban J connectivity index is 1.27. The molecular formula is C22H19N5O2. The molecule has 3 fully saturated rings. The minimum Gasteiger partial charge on any atom is -0.363 e. The van der Waals surface area contributed by atoms with Crippen LogP contribution < -0.4 is 4.90 Å². The average molecular weight is 385 g/mol. The third-order valence-electron chi connectivity index (χ3n) is 6.38. The summed E-state index contributed by atoms with van der Waals surface area (Å²) < 4.78 is 7.96. The first-order valence-corrected chi connectivity index (χ1v) is 9.87. The summed E-state index contributed by atoms with van der Waals surface area (Å²) in [6.07, 6.45) is 3.36. The molecule has 0 unspecified atom stereocenters. The summed E-state index contributed by atoms with van der Waals surface area (Å²) in [7, 11) is 0. The molecule has 0 N–H and O–H groups in total. The Morgan fingerprint density at radius 2 is 1.93 bits per heavy atom. The van der Waals surface area contributed by atoms with Gasteiger partial charge in [-0.2, -0.15) is 10.4 Å². The zero-order valence-electron chi connectivity index (χ0n) is 15.7. The molecule has 5 heterocycles. The van der Waals surface area contributed by atoms with Crippen LogP contribution in [0.5, 0.6) is 0 Å². The fraction of sp³-hybridized carbons (Fsp3) is 0.318. The van der Waals surface area contributed by atoms with Crippen LogP contribution in [-0.2, 0) is 9.53 Å². The molecule has 1 spiro atoms. The monoisotopic (exact) mass is 385 g/mol. The van der Waals surface area contributed by atoms with E-state index < -0.39 is 5.60 Å². The minimum absolute atomic E-state index is 0.0959. The predicted octanol–water partition coefficient (Wildman–Crippen LogP) is 2.48. The van der Waals surface area contributed by atoms with Crippen molar-refractivity contribution in [1.29, 1.82) is 5.26 Å². The van der Waals surface area contributed by atoms with Gasteiger partial charge in [-0.3, -0.25) is 4.79 Å². The van der Waals surface area contributed by atoms with Crippen molar-refractivity contribution in [3.05, 3.63) is 66.0 Å². The summed E-state index contributed by atoms with van der Waals surface area (Å²) in [5.41, 5.74) is 2.74. The zero-order valence-corrected chi connectivity index (χ0v) is 15.7. The minimum atomic E-state index is -0.761. The van der Waals surface area contributed by atoms with Crippen LogP contribution in [0, 0.1) is 11.3 Å². The number of hydrogen-bond acceptors (Lipinski definition) is 5. The van der Waals surface area contributed by atoms with E-state index in [-0.39, 0.29) is 18.2 Å². The summed E-state index contributed by atoms with van der Waals surface area (Å²) in [5.74, 6) is 0.100. The van der Waals surface area contributed by atoms with Crippen molar-refractivity contribution in [3.63, 3.8) is 0 Å². The van der Waals surface area contributed by atoms with E-state index in [0.717, 1.165) is 24.0 Å². The number of pyridine rings is 1. The molecule has 0 radical (unpaired) electrons. The number of hydrogen-bond donors (Lipinski definition) is 0. The number of aromatic nitrogens is 2. The standard InChI is InChI=1S/C22H19N5O2/c23-12-16-6-7-18(19-10-11-24-27(16)19)25-13-22(14-25)21(28)26-17(8-9-20(26)29-22)15-4-2-1-3-5-15/h1-7,10-11,17,20H,8-9,13-14H2/t17-,20+/m0/s1. The van der Waals surface area contributed by atoms with Gasteiger partial charge in [0.05, 0.1) is 36.5 Å². The quantitative estimate of drug-likeness (QED) is 0.678. The lowest BCUT2D eigenvalue weighted by atomic mass is 9.91. The lowest BCUT2D eigenvalue weighted by molar-refractivity contribution is -0.140. The molecule has 3 aromatic rings. The van der Waals surface area contributed by atoms with E-state index in [1.54, 1.807) is 16.8 Å². The van der Waals surface area contributed by atoms with Crippen molar-refractivity contribution in [2.45, 2.75) is 30.7 Å². The number of anilines is 1. The first kappa shape index (κ1) is 16.6. The van der Waals surface area contributed by atoms with Crippen LogP contribution in [0.2, 0.25) is 0 Å². The van der Waals surface area contributed by atoms with Crippen LogP contribution in [0.3, 0.4) is 0 Å². The highest BCUT2D eigenvalue weighted by atomic mass is 16.6. The van der Waals surface area contributed by atoms with E-state index in [9.17, 15) is 10.1 Å². The number of ether oxygens (including phenoxy) is 1. The Morgan fingerprint density at radius 3 is 2.72 bits per heavy atom. The summed E-state index contributed by atoms with van der Waals surface area (Å²) in [5, 5.41) is 13.5. The van der Waals surface area contributed by atoms with Crippen LogP contribution in [-0.4, -0.2) is 45.3 Å². The van der Waals surface area contributed by atoms with Gasteiger partial charge in [0.1, 0.15) is 18.0 Å². The second kappa shape index (κ2) is 5.82. The molecule has 1 amide bonds. The van der Waals surface area contributed by atoms with Gasteiger partial charge in [-0.25, -0.2) is 4.52 Å². The second-order valence-corrected chi connectivity index (χ2v) is 7.98. The number of carbonyl (C=O) groups is 1. The average Bonchev–Trinajstić information content (AvgIpc) is 3.42. The topological polar surface area (TPSA) is 73.9 Å². The van der Waals surface area contributed by atoms with Crippen LogP contribution in [0.15, 0.2) is 54.7 Å². The van der Waals surface area contributed by atoms with Gasteiger partial charge < -0.3 is 14.5 Å². The number of nitrogens with zero attached hydrogens (tertiary/aromatic N) is 5. The number of fused-ring (bicyclic) bond motifs is 2. The first-order valence-electron chi connectivity index (χ1n) is 9.87. The summed E-state index contributed by atoms with van der Waals surface area (Å²) in [4.78, 5) is 17.5. The maximum Gasteiger partial charge on any atom is 0.261 e. The highest BCUT2D eigenvalue weighted by molar-refractivity contribution is 5.92. The van der Waals surface area contributed by atoms with E-state index in [4.69, 9.17) is 4.74 Å². The van der Waals surface area contributed by atoms with Gasteiger partial charge in [0.15, 0.2) is 5.60 Å². The van der Waals surface area contributed by atoms with Crippen molar-refractivity contribution in [1.82, 2.24) is 14.5 Å². The third kappa shape index (κ3) is 2.21. The molecule has 6 rings (SSSR count). The molecule has 2 aromatic heterocycles. The molecular weight excluding hydrogens is 366 g/mol. The fourth-order valence-corrected chi connectivity index (χ4v) is 5.02. The third-order valence-corrected chi connectivity index (χ3v) is 6.38. The lowest BCUT2D eigenvalue weighted by Gasteiger charge is -2.47. The summed E-state index contributed by atoms with van der Waals surface area (Å²) in [6.45, 7) is 1.04. The predicted molar refractivity (Wildman–Crippen MR) is 105 cm³/mol. The lowest BCUT2D eigenvalue weighted by Crippen LogP contribution is -2.66. The van der Waals surface area contributed by atoms with Gasteiger partial charge in [0.25, 0.3) is 5.91 Å². The fourth-order valence-electron chi connectivity index (χ4n) is 5.02. The molecule has 2 atom stereocenters. The Hall–Kier alpha value is -3.37. The largest absolute Gasteiger partial charge is 0.363 e. The molecule has 0 saturated carbocycles. The molecule has 0 bridgehead atoms. The smallest absolute Gasteiger partial charge is 0.261 e. The van der Waals surface area contributed by atoms with Crippen molar-refractivity contribution in [3.8, 4) is 6.07 Å². The summed E-state index contributed by atoms with van der Waals surface area (Å²) >= 11 is 0. The number of nitriles is 1. The highest BCUT2D eigenvalue weighted by Crippen LogP contribution is 2.48. The van der Waals surface area contributed by atoms with Crippen molar-refractivity contribution < 1.29 is 9.53 Å². The number of carbonyl (C=O) groups excluding carboxylic acids is 1. The molecule has 7 nitrogen and oxygen atoms in total. The molecule has 3 aliphatic heterocycles. The zero-order chi connectivity index (χ0) is 19.6. The van der Waals surface area contributed by atoms with Crippen LogP contribution in [0.25, 0.3) is 5.52 Å². The second-order valence-electron chi connectivity index (χ2n) is 7.98. The number of benzene rings is 1. The maximum atomic E-state index is 13.4. The molecule has 0 aliphatic carbocycles. The van der Waals surface area contributed by atoms with Gasteiger partial charge >= 0.3 is 0 Å². The van der Waals surface area contributed by atoms with E-state index in [2.05, 4.69) is 28.2 Å².